The highest BCUT2D eigenvalue weighted by atomic mass is 32.1. The van der Waals surface area contributed by atoms with Gasteiger partial charge in [-0.3, -0.25) is 10.1 Å². The molecule has 10 heteroatoms. The number of non-ortho nitro benzene ring substituents is 1. The fourth-order valence-electron chi connectivity index (χ4n) is 2.56. The first kappa shape index (κ1) is 20.5. The lowest BCUT2D eigenvalue weighted by atomic mass is 10.3. The van der Waals surface area contributed by atoms with Crippen LogP contribution in [0.1, 0.15) is 41.5 Å². The van der Waals surface area contributed by atoms with Gasteiger partial charge < -0.3 is 9.47 Å². The Morgan fingerprint density at radius 3 is 2.69 bits per heavy atom. The third-order valence-electron chi connectivity index (χ3n) is 3.91. The van der Waals surface area contributed by atoms with Crippen molar-refractivity contribution in [1.82, 2.24) is 14.8 Å². The van der Waals surface area contributed by atoms with Crippen LogP contribution in [0.25, 0.3) is 5.69 Å². The van der Waals surface area contributed by atoms with Crippen molar-refractivity contribution in [2.75, 3.05) is 6.61 Å². The van der Waals surface area contributed by atoms with Gasteiger partial charge in [-0.15, -0.1) is 11.3 Å². The van der Waals surface area contributed by atoms with Crippen molar-refractivity contribution in [3.8, 4) is 11.4 Å². The van der Waals surface area contributed by atoms with Gasteiger partial charge in [0.05, 0.1) is 34.1 Å². The summed E-state index contributed by atoms with van der Waals surface area (Å²) in [4.78, 5) is 27.1. The number of carbonyl (C=O) groups is 1. The Bertz CT molecular complexity index is 996. The van der Waals surface area contributed by atoms with E-state index in [9.17, 15) is 14.9 Å². The summed E-state index contributed by atoms with van der Waals surface area (Å²) in [5, 5.41) is 18.0. The molecule has 1 aromatic carbocycles. The number of aromatic nitrogens is 3. The molecule has 2 heterocycles. The number of rotatable bonds is 9. The maximum absolute atomic E-state index is 12.3. The third-order valence-corrected chi connectivity index (χ3v) is 4.87. The van der Waals surface area contributed by atoms with Gasteiger partial charge in [0.2, 0.25) is 5.69 Å². The summed E-state index contributed by atoms with van der Waals surface area (Å²) in [6.07, 6.45) is 3.48. The minimum Gasteiger partial charge on any atom is -0.483 e. The highest BCUT2D eigenvalue weighted by Crippen LogP contribution is 2.24. The normalized spacial score (nSPS) is 10.7. The van der Waals surface area contributed by atoms with Crippen LogP contribution in [0.15, 0.2) is 35.8 Å². The van der Waals surface area contributed by atoms with Gasteiger partial charge in [0.1, 0.15) is 6.61 Å². The number of benzene rings is 1. The van der Waals surface area contributed by atoms with Crippen LogP contribution in [-0.4, -0.2) is 32.3 Å². The van der Waals surface area contributed by atoms with Crippen molar-refractivity contribution in [2.24, 2.45) is 0 Å². The summed E-state index contributed by atoms with van der Waals surface area (Å²) in [5.74, 6) is -0.347. The number of carbonyl (C=O) groups excluding carboxylic acids is 1. The second-order valence-corrected chi connectivity index (χ2v) is 6.99. The number of nitrogens with zero attached hydrogens (tertiary/aromatic N) is 4. The molecular formula is C19H20N4O5S. The van der Waals surface area contributed by atoms with E-state index in [1.807, 2.05) is 5.38 Å². The largest absolute Gasteiger partial charge is 0.483 e. The molecule has 0 N–H and O–H groups in total. The number of hydrogen-bond donors (Lipinski definition) is 0. The van der Waals surface area contributed by atoms with Crippen LogP contribution in [0.5, 0.6) is 5.75 Å². The standard InChI is InChI=1S/C19H20N4O5S/c1-3-5-17-20-13(12-29-17)11-28-16-10-22(21-18(16)19(24)27-4-2)14-6-8-15(9-7-14)23(25)26/h6-10,12H,3-5,11H2,1-2H3. The number of esters is 1. The molecule has 0 spiro atoms. The van der Waals surface area contributed by atoms with Crippen molar-refractivity contribution < 1.29 is 19.2 Å². The van der Waals surface area contributed by atoms with E-state index in [2.05, 4.69) is 17.0 Å². The van der Waals surface area contributed by atoms with Crippen LogP contribution < -0.4 is 4.74 Å². The monoisotopic (exact) mass is 416 g/mol. The maximum atomic E-state index is 12.3. The summed E-state index contributed by atoms with van der Waals surface area (Å²) in [6.45, 7) is 4.19. The molecule has 29 heavy (non-hydrogen) atoms. The van der Waals surface area contributed by atoms with E-state index in [0.717, 1.165) is 23.5 Å². The van der Waals surface area contributed by atoms with Gasteiger partial charge in [-0.1, -0.05) is 6.92 Å². The third kappa shape index (κ3) is 4.96. The molecular weight excluding hydrogens is 396 g/mol. The molecule has 0 fully saturated rings. The zero-order chi connectivity index (χ0) is 20.8. The molecule has 3 aromatic rings. The molecule has 0 saturated heterocycles. The SMILES string of the molecule is CCCc1nc(COc2cn(-c3ccc([N+](=O)[O-])cc3)nc2C(=O)OCC)cs1. The predicted octanol–water partition coefficient (Wildman–Crippen LogP) is 3.95. The quantitative estimate of drug-likeness (QED) is 0.295. The number of aryl methyl sites for hydroxylation is 1. The Balaban J connectivity index is 1.83. The summed E-state index contributed by atoms with van der Waals surface area (Å²) >= 11 is 1.58. The van der Waals surface area contributed by atoms with Crippen LogP contribution in [0.3, 0.4) is 0 Å². The Morgan fingerprint density at radius 2 is 2.03 bits per heavy atom. The van der Waals surface area contributed by atoms with Gasteiger partial charge in [-0.05, 0) is 31.9 Å². The molecule has 0 amide bonds. The van der Waals surface area contributed by atoms with Crippen molar-refractivity contribution in [1.29, 1.82) is 0 Å². The van der Waals surface area contributed by atoms with Gasteiger partial charge in [-0.25, -0.2) is 14.5 Å². The van der Waals surface area contributed by atoms with Gasteiger partial charge in [-0.2, -0.15) is 5.10 Å². The van der Waals surface area contributed by atoms with Gasteiger partial charge in [0.15, 0.2) is 5.75 Å². The fourth-order valence-corrected chi connectivity index (χ4v) is 3.44. The topological polar surface area (TPSA) is 109 Å². The lowest BCUT2D eigenvalue weighted by molar-refractivity contribution is -0.384. The van der Waals surface area contributed by atoms with E-state index in [1.165, 1.54) is 16.8 Å². The van der Waals surface area contributed by atoms with Gasteiger partial charge in [0.25, 0.3) is 5.69 Å². The highest BCUT2D eigenvalue weighted by molar-refractivity contribution is 7.09. The van der Waals surface area contributed by atoms with Crippen LogP contribution >= 0.6 is 11.3 Å². The van der Waals surface area contributed by atoms with Crippen molar-refractivity contribution >= 4 is 23.0 Å². The minimum atomic E-state index is -0.604. The summed E-state index contributed by atoms with van der Waals surface area (Å²) in [7, 11) is 0. The van der Waals surface area contributed by atoms with Crippen LogP contribution in [0, 0.1) is 10.1 Å². The van der Waals surface area contributed by atoms with Crippen LogP contribution in [0.2, 0.25) is 0 Å². The van der Waals surface area contributed by atoms with Crippen molar-refractivity contribution in [2.45, 2.75) is 33.3 Å². The maximum Gasteiger partial charge on any atom is 0.362 e. The Hall–Kier alpha value is -3.27. The minimum absolute atomic E-state index is 0.0330. The average Bonchev–Trinajstić information content (AvgIpc) is 3.34. The molecule has 0 radical (unpaired) electrons. The van der Waals surface area contributed by atoms with E-state index in [-0.39, 0.29) is 30.3 Å². The zero-order valence-electron chi connectivity index (χ0n) is 16.0. The Kier molecular flexibility index (Phi) is 6.55. The first-order valence-corrected chi connectivity index (χ1v) is 9.97. The molecule has 9 nitrogen and oxygen atoms in total. The molecule has 0 atom stereocenters. The average molecular weight is 416 g/mol. The first-order valence-electron chi connectivity index (χ1n) is 9.09. The highest BCUT2D eigenvalue weighted by Gasteiger charge is 2.21. The van der Waals surface area contributed by atoms with Crippen molar-refractivity contribution in [3.63, 3.8) is 0 Å². The predicted molar refractivity (Wildman–Crippen MR) is 107 cm³/mol. The number of hydrogen-bond acceptors (Lipinski definition) is 8. The molecule has 0 bridgehead atoms. The van der Waals surface area contributed by atoms with Crippen LogP contribution in [0.4, 0.5) is 5.69 Å². The smallest absolute Gasteiger partial charge is 0.362 e. The molecule has 2 aromatic heterocycles. The van der Waals surface area contributed by atoms with E-state index < -0.39 is 10.9 Å². The Labute approximate surface area is 171 Å². The lowest BCUT2D eigenvalue weighted by Gasteiger charge is -2.03. The summed E-state index contributed by atoms with van der Waals surface area (Å²) in [5.41, 5.74) is 1.33. The molecule has 3 rings (SSSR count). The molecule has 0 unspecified atom stereocenters. The Morgan fingerprint density at radius 1 is 1.28 bits per heavy atom. The van der Waals surface area contributed by atoms with E-state index >= 15 is 0 Å². The molecule has 0 saturated carbocycles. The first-order chi connectivity index (χ1) is 14.0. The van der Waals surface area contributed by atoms with Gasteiger partial charge >= 0.3 is 5.97 Å². The fraction of sp³-hybridized carbons (Fsp3) is 0.316. The van der Waals surface area contributed by atoms with E-state index in [1.54, 1.807) is 36.6 Å². The lowest BCUT2D eigenvalue weighted by Crippen LogP contribution is -2.08. The second kappa shape index (κ2) is 9.28. The summed E-state index contributed by atoms with van der Waals surface area (Å²) < 4.78 is 12.3. The molecule has 152 valence electrons. The van der Waals surface area contributed by atoms with Crippen LogP contribution in [-0.2, 0) is 17.8 Å². The van der Waals surface area contributed by atoms with E-state index in [4.69, 9.17) is 9.47 Å². The molecule has 0 aliphatic rings. The molecule has 0 aliphatic carbocycles. The van der Waals surface area contributed by atoms with Crippen molar-refractivity contribution in [3.05, 3.63) is 62.4 Å². The number of ether oxygens (including phenoxy) is 2. The number of nitro benzene ring substituents is 1. The number of thiazole rings is 1. The van der Waals surface area contributed by atoms with Gasteiger partial charge in [0, 0.05) is 17.5 Å². The van der Waals surface area contributed by atoms with E-state index in [0.29, 0.717) is 5.69 Å². The number of nitro groups is 1. The summed E-state index contributed by atoms with van der Waals surface area (Å²) in [6, 6.07) is 5.82. The second-order valence-electron chi connectivity index (χ2n) is 6.05. The zero-order valence-corrected chi connectivity index (χ0v) is 16.8. The molecule has 0 aliphatic heterocycles.